The molecule has 1 rings (SSSR count). The van der Waals surface area contributed by atoms with Gasteiger partial charge >= 0.3 is 5.97 Å². The number of benzene rings is 1. The van der Waals surface area contributed by atoms with Crippen LogP contribution in [0.2, 0.25) is 0 Å². The molecule has 0 saturated carbocycles. The number of halogens is 1. The summed E-state index contributed by atoms with van der Waals surface area (Å²) < 4.78 is 17.2. The molecule has 82 valence electrons. The Balaban J connectivity index is 2.82. The van der Waals surface area contributed by atoms with Crippen molar-refractivity contribution in [3.63, 3.8) is 0 Å². The largest absolute Gasteiger partial charge is 0.469 e. The summed E-state index contributed by atoms with van der Waals surface area (Å²) in [6.45, 7) is 0. The molecule has 0 atom stereocenters. The molecule has 0 spiro atoms. The molecular formula is C12H10FNO2. The molecular weight excluding hydrogens is 209 g/mol. The lowest BCUT2D eigenvalue weighted by molar-refractivity contribution is -0.139. The quantitative estimate of drug-likeness (QED) is 0.733. The third-order valence-electron chi connectivity index (χ3n) is 1.95. The zero-order chi connectivity index (χ0) is 12.0. The SMILES string of the molecule is COC(=O)CC=Cc1ccc(F)cc1C#N. The summed E-state index contributed by atoms with van der Waals surface area (Å²) in [6, 6.07) is 5.78. The van der Waals surface area contributed by atoms with Crippen LogP contribution in [0, 0.1) is 17.1 Å². The van der Waals surface area contributed by atoms with Gasteiger partial charge in [0.05, 0.1) is 25.2 Å². The van der Waals surface area contributed by atoms with Crippen LogP contribution in [0.25, 0.3) is 6.08 Å². The van der Waals surface area contributed by atoms with E-state index in [0.29, 0.717) is 5.56 Å². The molecule has 0 aliphatic rings. The zero-order valence-electron chi connectivity index (χ0n) is 8.74. The topological polar surface area (TPSA) is 50.1 Å². The Morgan fingerprint density at radius 2 is 2.38 bits per heavy atom. The zero-order valence-corrected chi connectivity index (χ0v) is 8.74. The molecule has 0 saturated heterocycles. The Morgan fingerprint density at radius 3 is 3.00 bits per heavy atom. The van der Waals surface area contributed by atoms with Gasteiger partial charge in [0.25, 0.3) is 0 Å². The van der Waals surface area contributed by atoms with Gasteiger partial charge in [-0.05, 0) is 17.7 Å². The smallest absolute Gasteiger partial charge is 0.309 e. The van der Waals surface area contributed by atoms with Crippen LogP contribution in [0.3, 0.4) is 0 Å². The maximum absolute atomic E-state index is 12.8. The summed E-state index contributed by atoms with van der Waals surface area (Å²) in [5.41, 5.74) is 0.814. The van der Waals surface area contributed by atoms with Crippen molar-refractivity contribution in [1.82, 2.24) is 0 Å². The van der Waals surface area contributed by atoms with E-state index in [9.17, 15) is 9.18 Å². The van der Waals surface area contributed by atoms with Crippen LogP contribution in [0.4, 0.5) is 4.39 Å². The summed E-state index contributed by atoms with van der Waals surface area (Å²) in [5, 5.41) is 8.76. The second-order valence-corrected chi connectivity index (χ2v) is 3.03. The lowest BCUT2D eigenvalue weighted by atomic mass is 10.1. The molecule has 0 fully saturated rings. The minimum atomic E-state index is -0.457. The molecule has 4 heteroatoms. The van der Waals surface area contributed by atoms with E-state index in [1.165, 1.54) is 19.2 Å². The average Bonchev–Trinajstić information content (AvgIpc) is 2.30. The van der Waals surface area contributed by atoms with Gasteiger partial charge in [0.15, 0.2) is 0 Å². The van der Waals surface area contributed by atoms with E-state index in [-0.39, 0.29) is 18.0 Å². The number of rotatable bonds is 3. The van der Waals surface area contributed by atoms with E-state index in [0.717, 1.165) is 6.07 Å². The normalized spacial score (nSPS) is 10.1. The Labute approximate surface area is 92.8 Å². The van der Waals surface area contributed by atoms with Crippen LogP contribution in [0.1, 0.15) is 17.5 Å². The van der Waals surface area contributed by atoms with Crippen LogP contribution >= 0.6 is 0 Å². The number of esters is 1. The molecule has 0 N–H and O–H groups in total. The summed E-state index contributed by atoms with van der Waals surface area (Å²) >= 11 is 0. The highest BCUT2D eigenvalue weighted by atomic mass is 19.1. The van der Waals surface area contributed by atoms with Crippen molar-refractivity contribution in [3.8, 4) is 6.07 Å². The van der Waals surface area contributed by atoms with Crippen molar-refractivity contribution in [3.05, 3.63) is 41.2 Å². The fourth-order valence-corrected chi connectivity index (χ4v) is 1.14. The van der Waals surface area contributed by atoms with Gasteiger partial charge < -0.3 is 4.74 Å². The second kappa shape index (κ2) is 5.66. The molecule has 0 bridgehead atoms. The maximum atomic E-state index is 12.8. The fourth-order valence-electron chi connectivity index (χ4n) is 1.14. The number of nitriles is 1. The van der Waals surface area contributed by atoms with Gasteiger partial charge in [0.1, 0.15) is 5.82 Å². The first kappa shape index (κ1) is 11.9. The van der Waals surface area contributed by atoms with Gasteiger partial charge in [-0.15, -0.1) is 0 Å². The third-order valence-corrected chi connectivity index (χ3v) is 1.95. The van der Waals surface area contributed by atoms with E-state index in [1.54, 1.807) is 12.2 Å². The third kappa shape index (κ3) is 3.21. The number of hydrogen-bond acceptors (Lipinski definition) is 3. The van der Waals surface area contributed by atoms with Gasteiger partial charge in [-0.25, -0.2) is 4.39 Å². The molecule has 0 aliphatic heterocycles. The second-order valence-electron chi connectivity index (χ2n) is 3.03. The van der Waals surface area contributed by atoms with E-state index in [1.807, 2.05) is 6.07 Å². The first-order valence-electron chi connectivity index (χ1n) is 4.60. The van der Waals surface area contributed by atoms with E-state index in [4.69, 9.17) is 5.26 Å². The van der Waals surface area contributed by atoms with Crippen LogP contribution in [-0.2, 0) is 9.53 Å². The van der Waals surface area contributed by atoms with Crippen LogP contribution in [-0.4, -0.2) is 13.1 Å². The summed E-state index contributed by atoms with van der Waals surface area (Å²) in [7, 11) is 1.30. The minimum absolute atomic E-state index is 0.124. The number of carbonyl (C=O) groups is 1. The summed E-state index contributed by atoms with van der Waals surface area (Å²) in [5.74, 6) is -0.821. The predicted molar refractivity (Wildman–Crippen MR) is 56.8 cm³/mol. The predicted octanol–water partition coefficient (Wildman–Crippen LogP) is 2.27. The lowest BCUT2D eigenvalue weighted by Gasteiger charge is -1.97. The Morgan fingerprint density at radius 1 is 1.62 bits per heavy atom. The standard InChI is InChI=1S/C12H10FNO2/c1-16-12(15)4-2-3-9-5-6-11(13)7-10(9)8-14/h2-3,5-7H,4H2,1H3. The number of methoxy groups -OCH3 is 1. The molecule has 0 aliphatic carbocycles. The van der Waals surface area contributed by atoms with Gasteiger partial charge in [0, 0.05) is 0 Å². The van der Waals surface area contributed by atoms with Crippen molar-refractivity contribution in [2.45, 2.75) is 6.42 Å². The van der Waals surface area contributed by atoms with Crippen molar-refractivity contribution in [2.24, 2.45) is 0 Å². The monoisotopic (exact) mass is 219 g/mol. The first-order chi connectivity index (χ1) is 7.67. The Kier molecular flexibility index (Phi) is 4.22. The van der Waals surface area contributed by atoms with Crippen molar-refractivity contribution in [1.29, 1.82) is 5.26 Å². The van der Waals surface area contributed by atoms with Crippen LogP contribution in [0.15, 0.2) is 24.3 Å². The fraction of sp³-hybridized carbons (Fsp3) is 0.167. The molecule has 16 heavy (non-hydrogen) atoms. The minimum Gasteiger partial charge on any atom is -0.469 e. The Bertz CT molecular complexity index is 461. The molecule has 0 radical (unpaired) electrons. The van der Waals surface area contributed by atoms with Crippen molar-refractivity contribution >= 4 is 12.0 Å². The van der Waals surface area contributed by atoms with Gasteiger partial charge in [0.2, 0.25) is 0 Å². The summed E-state index contributed by atoms with van der Waals surface area (Å²) in [6.07, 6.45) is 3.29. The van der Waals surface area contributed by atoms with Gasteiger partial charge in [-0.1, -0.05) is 18.2 Å². The van der Waals surface area contributed by atoms with E-state index < -0.39 is 5.82 Å². The van der Waals surface area contributed by atoms with Crippen molar-refractivity contribution in [2.75, 3.05) is 7.11 Å². The molecule has 0 amide bonds. The number of hydrogen-bond donors (Lipinski definition) is 0. The Hall–Kier alpha value is -2.15. The molecule has 1 aromatic carbocycles. The maximum Gasteiger partial charge on any atom is 0.309 e. The summed E-state index contributed by atoms with van der Waals surface area (Å²) in [4.78, 5) is 10.8. The molecule has 3 nitrogen and oxygen atoms in total. The van der Waals surface area contributed by atoms with Crippen LogP contribution < -0.4 is 0 Å². The lowest BCUT2D eigenvalue weighted by Crippen LogP contribution is -1.96. The highest BCUT2D eigenvalue weighted by Crippen LogP contribution is 2.12. The molecule has 0 aromatic heterocycles. The van der Waals surface area contributed by atoms with E-state index in [2.05, 4.69) is 4.74 Å². The van der Waals surface area contributed by atoms with Crippen molar-refractivity contribution < 1.29 is 13.9 Å². The highest BCUT2D eigenvalue weighted by molar-refractivity contribution is 5.73. The number of ether oxygens (including phenoxy) is 1. The average molecular weight is 219 g/mol. The molecule has 0 heterocycles. The molecule has 0 unspecified atom stereocenters. The number of carbonyl (C=O) groups excluding carboxylic acids is 1. The van der Waals surface area contributed by atoms with E-state index >= 15 is 0 Å². The van der Waals surface area contributed by atoms with Gasteiger partial charge in [-0.3, -0.25) is 4.79 Å². The van der Waals surface area contributed by atoms with Crippen LogP contribution in [0.5, 0.6) is 0 Å². The highest BCUT2D eigenvalue weighted by Gasteiger charge is 2.01. The van der Waals surface area contributed by atoms with Gasteiger partial charge in [-0.2, -0.15) is 5.26 Å². The molecule has 1 aromatic rings. The first-order valence-corrected chi connectivity index (χ1v) is 4.60. The number of nitrogens with zero attached hydrogens (tertiary/aromatic N) is 1.